The van der Waals surface area contributed by atoms with Gasteiger partial charge in [-0.05, 0) is 19.1 Å². The molecule has 2 aromatic heterocycles. The largest absolute Gasteiger partial charge is 0.467 e. The monoisotopic (exact) mass is 218 g/mol. The zero-order valence-corrected chi connectivity index (χ0v) is 9.27. The predicted octanol–water partition coefficient (Wildman–Crippen LogP) is 2.28. The van der Waals surface area contributed by atoms with Gasteiger partial charge in [0.05, 0.1) is 12.3 Å². The van der Waals surface area contributed by atoms with Crippen LogP contribution in [0.25, 0.3) is 0 Å². The number of aromatic nitrogens is 2. The molecule has 5 nitrogen and oxygen atoms in total. The van der Waals surface area contributed by atoms with Crippen molar-refractivity contribution in [2.45, 2.75) is 13.0 Å². The molecular weight excluding hydrogens is 204 g/mol. The summed E-state index contributed by atoms with van der Waals surface area (Å²) in [5.41, 5.74) is 0. The lowest BCUT2D eigenvalue weighted by molar-refractivity contribution is 0.490. The summed E-state index contributed by atoms with van der Waals surface area (Å²) in [5, 5.41) is 6.19. The van der Waals surface area contributed by atoms with Crippen molar-refractivity contribution in [1.29, 1.82) is 0 Å². The van der Waals surface area contributed by atoms with E-state index in [0.717, 1.165) is 17.4 Å². The molecule has 0 radical (unpaired) electrons. The highest BCUT2D eigenvalue weighted by Crippen LogP contribution is 2.18. The van der Waals surface area contributed by atoms with Crippen molar-refractivity contribution in [3.8, 4) is 0 Å². The first-order valence-corrected chi connectivity index (χ1v) is 5.09. The summed E-state index contributed by atoms with van der Waals surface area (Å²) in [6.45, 7) is 2.01. The average Bonchev–Trinajstić information content (AvgIpc) is 2.83. The predicted molar refractivity (Wildman–Crippen MR) is 62.3 cm³/mol. The normalized spacial score (nSPS) is 12.1. The molecule has 0 amide bonds. The summed E-state index contributed by atoms with van der Waals surface area (Å²) in [7, 11) is 1.82. The molecule has 0 bridgehead atoms. The molecule has 0 aliphatic heterocycles. The Morgan fingerprint density at radius 2 is 2.12 bits per heavy atom. The quantitative estimate of drug-likeness (QED) is 0.824. The van der Waals surface area contributed by atoms with Gasteiger partial charge >= 0.3 is 0 Å². The van der Waals surface area contributed by atoms with Crippen molar-refractivity contribution < 1.29 is 4.42 Å². The summed E-state index contributed by atoms with van der Waals surface area (Å²) >= 11 is 0. The third-order valence-corrected chi connectivity index (χ3v) is 2.26. The highest BCUT2D eigenvalue weighted by molar-refractivity contribution is 5.46. The Morgan fingerprint density at radius 3 is 2.81 bits per heavy atom. The molecule has 0 spiro atoms. The van der Waals surface area contributed by atoms with Crippen LogP contribution in [0.5, 0.6) is 0 Å². The summed E-state index contributed by atoms with van der Waals surface area (Å²) in [6, 6.07) is 5.72. The Kier molecular flexibility index (Phi) is 3.05. The number of furan rings is 1. The molecule has 16 heavy (non-hydrogen) atoms. The van der Waals surface area contributed by atoms with Crippen LogP contribution in [0.4, 0.5) is 11.6 Å². The standard InChI is InChI=1S/C11H14N4O/c1-8(9-4-3-5-16-9)15-11-6-10(12-2)13-7-14-11/h3-8H,1-2H3,(H2,12,13,14,15). The lowest BCUT2D eigenvalue weighted by Gasteiger charge is -2.12. The van der Waals surface area contributed by atoms with Gasteiger partial charge in [-0.15, -0.1) is 0 Å². The smallest absolute Gasteiger partial charge is 0.132 e. The van der Waals surface area contributed by atoms with E-state index < -0.39 is 0 Å². The minimum atomic E-state index is 0.0783. The number of nitrogens with zero attached hydrogens (tertiary/aromatic N) is 2. The minimum Gasteiger partial charge on any atom is -0.467 e. The van der Waals surface area contributed by atoms with Gasteiger partial charge < -0.3 is 15.1 Å². The van der Waals surface area contributed by atoms with Gasteiger partial charge in [-0.25, -0.2) is 9.97 Å². The molecule has 2 rings (SSSR count). The number of nitrogens with one attached hydrogen (secondary N) is 2. The van der Waals surface area contributed by atoms with Gasteiger partial charge in [0.25, 0.3) is 0 Å². The fraction of sp³-hybridized carbons (Fsp3) is 0.273. The summed E-state index contributed by atoms with van der Waals surface area (Å²) in [4.78, 5) is 8.18. The Balaban J connectivity index is 2.08. The molecule has 2 heterocycles. The summed E-state index contributed by atoms with van der Waals surface area (Å²) in [5.74, 6) is 2.43. The highest BCUT2D eigenvalue weighted by Gasteiger charge is 2.08. The average molecular weight is 218 g/mol. The van der Waals surface area contributed by atoms with Crippen molar-refractivity contribution in [1.82, 2.24) is 9.97 Å². The fourth-order valence-corrected chi connectivity index (χ4v) is 1.40. The van der Waals surface area contributed by atoms with Crippen LogP contribution in [0.2, 0.25) is 0 Å². The first-order valence-electron chi connectivity index (χ1n) is 5.09. The van der Waals surface area contributed by atoms with E-state index in [1.54, 1.807) is 6.26 Å². The molecule has 5 heteroatoms. The van der Waals surface area contributed by atoms with Gasteiger partial charge in [-0.2, -0.15) is 0 Å². The van der Waals surface area contributed by atoms with Crippen LogP contribution < -0.4 is 10.6 Å². The first kappa shape index (κ1) is 10.5. The molecule has 84 valence electrons. The molecular formula is C11H14N4O. The molecule has 0 aliphatic rings. The molecule has 0 fully saturated rings. The Labute approximate surface area is 93.9 Å². The Bertz CT molecular complexity index is 441. The van der Waals surface area contributed by atoms with Crippen LogP contribution in [-0.2, 0) is 0 Å². The van der Waals surface area contributed by atoms with Gasteiger partial charge in [0.1, 0.15) is 23.7 Å². The summed E-state index contributed by atoms with van der Waals surface area (Å²) in [6.07, 6.45) is 3.18. The number of rotatable bonds is 4. The second kappa shape index (κ2) is 4.65. The van der Waals surface area contributed by atoms with Gasteiger partial charge in [-0.1, -0.05) is 0 Å². The lowest BCUT2D eigenvalue weighted by Crippen LogP contribution is -2.07. The van der Waals surface area contributed by atoms with E-state index >= 15 is 0 Å². The van der Waals surface area contributed by atoms with Gasteiger partial charge in [-0.3, -0.25) is 0 Å². The molecule has 1 atom stereocenters. The second-order valence-electron chi connectivity index (χ2n) is 3.42. The van der Waals surface area contributed by atoms with E-state index in [2.05, 4.69) is 20.6 Å². The van der Waals surface area contributed by atoms with Crippen LogP contribution in [0.15, 0.2) is 35.2 Å². The van der Waals surface area contributed by atoms with E-state index in [0.29, 0.717) is 0 Å². The van der Waals surface area contributed by atoms with E-state index in [1.807, 2.05) is 32.2 Å². The van der Waals surface area contributed by atoms with Gasteiger partial charge in [0, 0.05) is 13.1 Å². The van der Waals surface area contributed by atoms with Crippen LogP contribution >= 0.6 is 0 Å². The van der Waals surface area contributed by atoms with E-state index in [4.69, 9.17) is 4.42 Å². The molecule has 0 aliphatic carbocycles. The van der Waals surface area contributed by atoms with Crippen LogP contribution in [0.3, 0.4) is 0 Å². The van der Waals surface area contributed by atoms with E-state index in [9.17, 15) is 0 Å². The van der Waals surface area contributed by atoms with Crippen molar-refractivity contribution in [3.05, 3.63) is 36.5 Å². The van der Waals surface area contributed by atoms with Crippen molar-refractivity contribution in [2.24, 2.45) is 0 Å². The molecule has 2 aromatic rings. The van der Waals surface area contributed by atoms with Crippen molar-refractivity contribution >= 4 is 11.6 Å². The number of hydrogen-bond donors (Lipinski definition) is 2. The topological polar surface area (TPSA) is 63.0 Å². The van der Waals surface area contributed by atoms with Gasteiger partial charge in [0.15, 0.2) is 0 Å². The first-order chi connectivity index (χ1) is 7.79. The Morgan fingerprint density at radius 1 is 1.31 bits per heavy atom. The SMILES string of the molecule is CNc1cc(NC(C)c2ccco2)ncn1. The second-order valence-corrected chi connectivity index (χ2v) is 3.42. The maximum absolute atomic E-state index is 5.30. The molecule has 0 aromatic carbocycles. The fourth-order valence-electron chi connectivity index (χ4n) is 1.40. The molecule has 0 saturated heterocycles. The van der Waals surface area contributed by atoms with Crippen LogP contribution in [-0.4, -0.2) is 17.0 Å². The van der Waals surface area contributed by atoms with Gasteiger partial charge in [0.2, 0.25) is 0 Å². The van der Waals surface area contributed by atoms with Crippen LogP contribution in [0.1, 0.15) is 18.7 Å². The third-order valence-electron chi connectivity index (χ3n) is 2.26. The zero-order valence-electron chi connectivity index (χ0n) is 9.27. The van der Waals surface area contributed by atoms with E-state index in [-0.39, 0.29) is 6.04 Å². The van der Waals surface area contributed by atoms with Crippen LogP contribution in [0, 0.1) is 0 Å². The Hall–Kier alpha value is -2.04. The summed E-state index contributed by atoms with van der Waals surface area (Å²) < 4.78 is 5.30. The number of hydrogen-bond acceptors (Lipinski definition) is 5. The zero-order chi connectivity index (χ0) is 11.4. The van der Waals surface area contributed by atoms with E-state index in [1.165, 1.54) is 6.33 Å². The molecule has 0 saturated carbocycles. The third kappa shape index (κ3) is 2.31. The number of anilines is 2. The molecule has 1 unspecified atom stereocenters. The van der Waals surface area contributed by atoms with Crippen molar-refractivity contribution in [2.75, 3.05) is 17.7 Å². The highest BCUT2D eigenvalue weighted by atomic mass is 16.3. The maximum atomic E-state index is 5.30. The lowest BCUT2D eigenvalue weighted by atomic mass is 10.2. The maximum Gasteiger partial charge on any atom is 0.132 e. The minimum absolute atomic E-state index is 0.0783. The molecule has 2 N–H and O–H groups in total. The van der Waals surface area contributed by atoms with Crippen molar-refractivity contribution in [3.63, 3.8) is 0 Å².